The van der Waals surface area contributed by atoms with E-state index in [9.17, 15) is 33.9 Å². The van der Waals surface area contributed by atoms with Crippen LogP contribution in [0.5, 0.6) is 0 Å². The summed E-state index contributed by atoms with van der Waals surface area (Å²) in [5.74, 6) is -5.83. The van der Waals surface area contributed by atoms with Crippen molar-refractivity contribution in [1.82, 2.24) is 16.0 Å². The number of nitrogens with one attached hydrogen (secondary N) is 3. The first-order valence-electron chi connectivity index (χ1n) is 10.8. The van der Waals surface area contributed by atoms with Crippen molar-refractivity contribution in [3.8, 4) is 0 Å². The number of carbonyl (C=O) groups is 6. The van der Waals surface area contributed by atoms with E-state index in [1.54, 1.807) is 30.3 Å². The number of rotatable bonds is 15. The zero-order chi connectivity index (χ0) is 26.5. The zero-order valence-corrected chi connectivity index (χ0v) is 19.2. The maximum absolute atomic E-state index is 13.0. The molecule has 0 aromatic heterocycles. The molecule has 0 fully saturated rings. The van der Waals surface area contributed by atoms with Crippen molar-refractivity contribution in [2.75, 3.05) is 0 Å². The van der Waals surface area contributed by atoms with Crippen LogP contribution in [0, 0.1) is 0 Å². The average Bonchev–Trinajstić information content (AvgIpc) is 2.78. The fraction of sp³-hybridized carbons (Fsp3) is 0.455. The van der Waals surface area contributed by atoms with Crippen LogP contribution in [0.1, 0.15) is 38.2 Å². The number of hydrogen-bond acceptors (Lipinski definition) is 7. The summed E-state index contributed by atoms with van der Waals surface area (Å²) in [6.45, 7) is 1.42. The Labute approximate surface area is 201 Å². The molecule has 0 aliphatic rings. The van der Waals surface area contributed by atoms with Crippen LogP contribution in [0.2, 0.25) is 0 Å². The topological polar surface area (TPSA) is 231 Å². The summed E-state index contributed by atoms with van der Waals surface area (Å²) in [6.07, 6.45) is -1.42. The van der Waals surface area contributed by atoms with Crippen molar-refractivity contribution < 1.29 is 39.0 Å². The molecule has 9 N–H and O–H groups in total. The maximum atomic E-state index is 13.0. The second-order valence-electron chi connectivity index (χ2n) is 7.94. The minimum absolute atomic E-state index is 0.0504. The Morgan fingerprint density at radius 1 is 0.800 bits per heavy atom. The molecule has 0 spiro atoms. The summed E-state index contributed by atoms with van der Waals surface area (Å²) in [5.41, 5.74) is 11.3. The molecule has 35 heavy (non-hydrogen) atoms. The van der Waals surface area contributed by atoms with Gasteiger partial charge in [-0.2, -0.15) is 0 Å². The monoisotopic (exact) mass is 493 g/mol. The van der Waals surface area contributed by atoms with Crippen LogP contribution < -0.4 is 27.4 Å². The summed E-state index contributed by atoms with van der Waals surface area (Å²) in [4.78, 5) is 71.4. The largest absolute Gasteiger partial charge is 0.481 e. The van der Waals surface area contributed by atoms with Gasteiger partial charge in [-0.3, -0.25) is 24.0 Å². The summed E-state index contributed by atoms with van der Waals surface area (Å²) < 4.78 is 0. The van der Waals surface area contributed by atoms with Crippen molar-refractivity contribution in [3.05, 3.63) is 35.9 Å². The molecule has 1 aromatic rings. The van der Waals surface area contributed by atoms with Gasteiger partial charge in [0.1, 0.15) is 18.1 Å². The van der Waals surface area contributed by atoms with Gasteiger partial charge in [-0.15, -0.1) is 0 Å². The minimum Gasteiger partial charge on any atom is -0.481 e. The van der Waals surface area contributed by atoms with E-state index in [-0.39, 0.29) is 25.7 Å². The van der Waals surface area contributed by atoms with Crippen LogP contribution in [-0.2, 0) is 35.2 Å². The third-order valence-corrected chi connectivity index (χ3v) is 4.90. The highest BCUT2D eigenvalue weighted by atomic mass is 16.4. The molecule has 4 amide bonds. The molecule has 4 atom stereocenters. The number of carboxylic acid groups (broad SMARTS) is 2. The Morgan fingerprint density at radius 2 is 1.31 bits per heavy atom. The first-order valence-corrected chi connectivity index (χ1v) is 10.8. The highest BCUT2D eigenvalue weighted by molar-refractivity contribution is 5.94. The Morgan fingerprint density at radius 3 is 1.83 bits per heavy atom. The Kier molecular flexibility index (Phi) is 11.9. The van der Waals surface area contributed by atoms with Gasteiger partial charge in [-0.05, 0) is 25.3 Å². The van der Waals surface area contributed by atoms with Crippen LogP contribution in [0.15, 0.2) is 30.3 Å². The SMILES string of the molecule is CC(N)C(=O)NC(Cc1ccccc1)C(=O)NC(CCC(=O)O)C(=O)NC(CCC(N)=O)C(=O)O. The van der Waals surface area contributed by atoms with E-state index in [1.807, 2.05) is 0 Å². The number of aliphatic carboxylic acids is 2. The summed E-state index contributed by atoms with van der Waals surface area (Å²) in [7, 11) is 0. The standard InChI is InChI=1S/C22H31N5O8/c1-12(23)19(31)27-16(11-13-5-3-2-4-6-13)21(33)25-14(8-10-18(29)30)20(32)26-15(22(34)35)7-9-17(24)28/h2-6,12,14-16H,7-11,23H2,1H3,(H2,24,28)(H,25,33)(H,26,32)(H,27,31)(H,29,30)(H,34,35). The smallest absolute Gasteiger partial charge is 0.326 e. The molecule has 4 unspecified atom stereocenters. The molecule has 0 saturated carbocycles. The molecule has 0 saturated heterocycles. The van der Waals surface area contributed by atoms with Crippen molar-refractivity contribution in [2.45, 2.75) is 63.2 Å². The Hall–Kier alpha value is -4.00. The number of primary amides is 1. The second-order valence-corrected chi connectivity index (χ2v) is 7.94. The number of nitrogens with two attached hydrogens (primary N) is 2. The van der Waals surface area contributed by atoms with Gasteiger partial charge in [-0.25, -0.2) is 4.79 Å². The van der Waals surface area contributed by atoms with Gasteiger partial charge in [-0.1, -0.05) is 30.3 Å². The molecule has 1 aromatic carbocycles. The van der Waals surface area contributed by atoms with Gasteiger partial charge in [0.25, 0.3) is 0 Å². The van der Waals surface area contributed by atoms with Crippen molar-refractivity contribution in [3.63, 3.8) is 0 Å². The van der Waals surface area contributed by atoms with Crippen LogP contribution >= 0.6 is 0 Å². The highest BCUT2D eigenvalue weighted by Crippen LogP contribution is 2.07. The van der Waals surface area contributed by atoms with E-state index < -0.39 is 66.2 Å². The predicted molar refractivity (Wildman–Crippen MR) is 123 cm³/mol. The first-order chi connectivity index (χ1) is 16.4. The summed E-state index contributed by atoms with van der Waals surface area (Å²) in [5, 5.41) is 25.4. The lowest BCUT2D eigenvalue weighted by atomic mass is 10.0. The van der Waals surface area contributed by atoms with Gasteiger partial charge in [0.2, 0.25) is 23.6 Å². The van der Waals surface area contributed by atoms with Crippen LogP contribution in [0.25, 0.3) is 0 Å². The molecule has 1 rings (SSSR count). The van der Waals surface area contributed by atoms with E-state index in [4.69, 9.17) is 16.6 Å². The van der Waals surface area contributed by atoms with Gasteiger partial charge in [0, 0.05) is 19.3 Å². The molecule has 192 valence electrons. The summed E-state index contributed by atoms with van der Waals surface area (Å²) in [6, 6.07) is 3.69. The lowest BCUT2D eigenvalue weighted by Gasteiger charge is -2.25. The van der Waals surface area contributed by atoms with Crippen molar-refractivity contribution in [1.29, 1.82) is 0 Å². The minimum atomic E-state index is -1.49. The van der Waals surface area contributed by atoms with E-state index >= 15 is 0 Å². The van der Waals surface area contributed by atoms with Gasteiger partial charge >= 0.3 is 11.9 Å². The Balaban J connectivity index is 3.07. The normalized spacial score (nSPS) is 14.0. The molecule has 0 bridgehead atoms. The lowest BCUT2D eigenvalue weighted by molar-refractivity contribution is -0.143. The van der Waals surface area contributed by atoms with Gasteiger partial charge in [0.05, 0.1) is 6.04 Å². The third kappa shape index (κ3) is 11.1. The Bertz CT molecular complexity index is 922. The third-order valence-electron chi connectivity index (χ3n) is 4.90. The molecule has 13 nitrogen and oxygen atoms in total. The van der Waals surface area contributed by atoms with Gasteiger partial charge < -0.3 is 37.6 Å². The fourth-order valence-corrected chi connectivity index (χ4v) is 2.99. The van der Waals surface area contributed by atoms with Gasteiger partial charge in [0.15, 0.2) is 0 Å². The van der Waals surface area contributed by atoms with Crippen molar-refractivity contribution >= 4 is 35.6 Å². The van der Waals surface area contributed by atoms with Crippen molar-refractivity contribution in [2.24, 2.45) is 11.5 Å². The maximum Gasteiger partial charge on any atom is 0.326 e. The molecular weight excluding hydrogens is 462 g/mol. The number of amides is 4. The molecule has 0 aliphatic carbocycles. The van der Waals surface area contributed by atoms with E-state index in [0.29, 0.717) is 5.56 Å². The predicted octanol–water partition coefficient (Wildman–Crippen LogP) is -1.75. The lowest BCUT2D eigenvalue weighted by Crippen LogP contribution is -2.57. The number of carboxylic acids is 2. The molecule has 0 radical (unpaired) electrons. The van der Waals surface area contributed by atoms with Crippen LogP contribution in [-0.4, -0.2) is 69.9 Å². The van der Waals surface area contributed by atoms with E-state index in [1.165, 1.54) is 6.92 Å². The average molecular weight is 494 g/mol. The second kappa shape index (κ2) is 14.3. The number of carbonyl (C=O) groups excluding carboxylic acids is 4. The highest BCUT2D eigenvalue weighted by Gasteiger charge is 2.30. The molecule has 0 aliphatic heterocycles. The molecule has 0 heterocycles. The van der Waals surface area contributed by atoms with E-state index in [2.05, 4.69) is 16.0 Å². The summed E-state index contributed by atoms with van der Waals surface area (Å²) >= 11 is 0. The number of hydrogen-bond donors (Lipinski definition) is 7. The van der Waals surface area contributed by atoms with Crippen LogP contribution in [0.3, 0.4) is 0 Å². The fourth-order valence-electron chi connectivity index (χ4n) is 2.99. The molecular formula is C22H31N5O8. The van der Waals surface area contributed by atoms with Crippen LogP contribution in [0.4, 0.5) is 0 Å². The molecule has 13 heteroatoms. The number of benzene rings is 1. The zero-order valence-electron chi connectivity index (χ0n) is 19.2. The first kappa shape index (κ1) is 29.0. The van der Waals surface area contributed by atoms with E-state index in [0.717, 1.165) is 0 Å². The quantitative estimate of drug-likeness (QED) is 0.146.